The molecule has 0 saturated carbocycles. The van der Waals surface area contributed by atoms with Gasteiger partial charge >= 0.3 is 5.97 Å². The van der Waals surface area contributed by atoms with Crippen LogP contribution in [0.15, 0.2) is 30.3 Å². The highest BCUT2D eigenvalue weighted by Gasteiger charge is 2.44. The van der Waals surface area contributed by atoms with Crippen LogP contribution in [-0.2, 0) is 59.1 Å². The van der Waals surface area contributed by atoms with E-state index in [1.807, 2.05) is 90.9 Å². The van der Waals surface area contributed by atoms with Crippen molar-refractivity contribution in [2.75, 3.05) is 48.5 Å². The fourth-order valence-electron chi connectivity index (χ4n) is 9.31. The molecule has 3 N–H and O–H groups in total. The van der Waals surface area contributed by atoms with Crippen LogP contribution in [0.25, 0.3) is 0 Å². The first-order valence-electron chi connectivity index (χ1n) is 24.0. The van der Waals surface area contributed by atoms with Crippen LogP contribution in [0, 0.1) is 23.7 Å². The molecular formula is C49H79N7O11. The molecule has 376 valence electrons. The molecule has 2 heterocycles. The second-order valence-electron chi connectivity index (χ2n) is 19.0. The van der Waals surface area contributed by atoms with Gasteiger partial charge in [-0.05, 0) is 63.1 Å². The van der Waals surface area contributed by atoms with Gasteiger partial charge in [0.15, 0.2) is 0 Å². The third kappa shape index (κ3) is 15.8. The van der Waals surface area contributed by atoms with Crippen LogP contribution in [0.3, 0.4) is 0 Å². The molecule has 2 fully saturated rings. The number of imide groups is 1. The van der Waals surface area contributed by atoms with Crippen LogP contribution in [0.4, 0.5) is 0 Å². The van der Waals surface area contributed by atoms with E-state index < -0.39 is 77.9 Å². The summed E-state index contributed by atoms with van der Waals surface area (Å²) < 4.78 is 12.1. The Morgan fingerprint density at radius 3 is 2.01 bits per heavy atom. The summed E-state index contributed by atoms with van der Waals surface area (Å²) >= 11 is 0. The van der Waals surface area contributed by atoms with E-state index in [2.05, 4.69) is 16.0 Å². The Morgan fingerprint density at radius 2 is 1.46 bits per heavy atom. The lowest BCUT2D eigenvalue weighted by Crippen LogP contribution is -2.59. The molecular weight excluding hydrogens is 863 g/mol. The Balaban J connectivity index is 1.72. The predicted octanol–water partition coefficient (Wildman–Crippen LogP) is 3.25. The highest BCUT2D eigenvalue weighted by Crippen LogP contribution is 2.30. The molecule has 0 bridgehead atoms. The molecule has 2 aliphatic rings. The topological polar surface area (TPSA) is 213 Å². The minimum Gasteiger partial charge on any atom is -0.379 e. The number of hydrogen-bond acceptors (Lipinski definition) is 12. The number of carbonyl (C=O) groups is 8. The normalized spacial score (nSPS) is 18.8. The van der Waals surface area contributed by atoms with Crippen molar-refractivity contribution in [3.8, 4) is 0 Å². The number of rotatable bonds is 27. The van der Waals surface area contributed by atoms with Crippen molar-refractivity contribution in [3.05, 3.63) is 35.9 Å². The molecule has 2 aliphatic heterocycles. The molecule has 0 aliphatic carbocycles. The average molecular weight is 942 g/mol. The highest BCUT2D eigenvalue weighted by molar-refractivity contribution is 6.01. The monoisotopic (exact) mass is 942 g/mol. The van der Waals surface area contributed by atoms with E-state index in [0.29, 0.717) is 43.7 Å². The SMILES string of the molecule is CCC(C)[C@@H]([C@@H](CC(=O)N1CCC[C@H]1[C@H](OC)[C@@H](C)C(=O)N[C@@H](Cc1ccccc1)C(=O)NCCCCC(=O)ON1C(=O)CCC1=O)OC)N(C)C(=O)[C@@H](NC(=O)[C@H](C(C)C)N(C)C)C(C)C. The Bertz CT molecular complexity index is 1800. The van der Waals surface area contributed by atoms with Gasteiger partial charge in [0.05, 0.1) is 42.7 Å². The first-order valence-corrected chi connectivity index (χ1v) is 24.0. The molecule has 2 saturated heterocycles. The summed E-state index contributed by atoms with van der Waals surface area (Å²) in [5.41, 5.74) is 0.824. The number of hydroxylamine groups is 2. The Kier molecular flexibility index (Phi) is 22.9. The van der Waals surface area contributed by atoms with Gasteiger partial charge in [0.25, 0.3) is 11.8 Å². The number of carbonyl (C=O) groups excluding carboxylic acids is 8. The standard InChI is InChI=1S/C49H79N7O11/c1-13-32(6)44(54(10)49(64)42(30(2)3)52-48(63)43(31(4)5)53(8)9)37(65-11)29-40(59)55-27-19-22-36(55)45(66-12)33(7)46(61)51-35(28-34-20-15-14-16-21-34)47(62)50-26-18-17-23-41(60)67-56-38(57)24-25-39(56)58/h14-16,20-21,30-33,35-37,42-45H,13,17-19,22-29H2,1-12H3,(H,50,62)(H,51,61)(H,52,63)/t32?,33-,35+,36+,37-,42+,43+,44+,45-/m1/s1. The van der Waals surface area contributed by atoms with E-state index >= 15 is 0 Å². The number of benzene rings is 1. The van der Waals surface area contributed by atoms with Gasteiger partial charge in [-0.3, -0.25) is 38.5 Å². The molecule has 1 aromatic carbocycles. The zero-order valence-corrected chi connectivity index (χ0v) is 42.0. The van der Waals surface area contributed by atoms with Crippen molar-refractivity contribution in [1.82, 2.24) is 35.7 Å². The molecule has 0 spiro atoms. The summed E-state index contributed by atoms with van der Waals surface area (Å²) in [4.78, 5) is 116. The maximum Gasteiger partial charge on any atom is 0.333 e. The molecule has 9 atom stereocenters. The summed E-state index contributed by atoms with van der Waals surface area (Å²) in [6.45, 7) is 14.1. The van der Waals surface area contributed by atoms with Gasteiger partial charge < -0.3 is 40.1 Å². The first-order chi connectivity index (χ1) is 31.7. The molecule has 0 radical (unpaired) electrons. The van der Waals surface area contributed by atoms with E-state index in [1.54, 1.807) is 23.8 Å². The minimum absolute atomic E-state index is 0.00159. The fraction of sp³-hybridized carbons (Fsp3) is 0.714. The number of likely N-dealkylation sites (tertiary alicyclic amines) is 1. The highest BCUT2D eigenvalue weighted by atomic mass is 16.7. The average Bonchev–Trinajstić information content (AvgIpc) is 3.89. The molecule has 18 nitrogen and oxygen atoms in total. The lowest BCUT2D eigenvalue weighted by Gasteiger charge is -2.41. The van der Waals surface area contributed by atoms with Crippen LogP contribution in [0.2, 0.25) is 0 Å². The van der Waals surface area contributed by atoms with E-state index in [1.165, 1.54) is 14.2 Å². The minimum atomic E-state index is -0.957. The van der Waals surface area contributed by atoms with Crippen LogP contribution >= 0.6 is 0 Å². The Hall–Kier alpha value is -4.94. The zero-order chi connectivity index (χ0) is 50.1. The molecule has 67 heavy (non-hydrogen) atoms. The Labute approximate surface area is 397 Å². The summed E-state index contributed by atoms with van der Waals surface area (Å²) in [5.74, 6) is -4.45. The second kappa shape index (κ2) is 27.2. The van der Waals surface area contributed by atoms with Crippen molar-refractivity contribution in [3.63, 3.8) is 0 Å². The maximum atomic E-state index is 14.4. The third-order valence-electron chi connectivity index (χ3n) is 13.2. The van der Waals surface area contributed by atoms with Gasteiger partial charge in [0.2, 0.25) is 29.5 Å². The lowest BCUT2D eigenvalue weighted by atomic mass is 9.89. The van der Waals surface area contributed by atoms with Crippen molar-refractivity contribution < 1.29 is 52.7 Å². The summed E-state index contributed by atoms with van der Waals surface area (Å²) in [5, 5.41) is 9.32. The summed E-state index contributed by atoms with van der Waals surface area (Å²) in [6.07, 6.45) is 1.36. The number of methoxy groups -OCH3 is 2. The smallest absolute Gasteiger partial charge is 0.333 e. The third-order valence-corrected chi connectivity index (χ3v) is 13.2. The fourth-order valence-corrected chi connectivity index (χ4v) is 9.31. The number of unbranched alkanes of at least 4 members (excludes halogenated alkanes) is 1. The van der Waals surface area contributed by atoms with Crippen LogP contribution in [0.5, 0.6) is 0 Å². The van der Waals surface area contributed by atoms with E-state index in [-0.39, 0.29) is 74.1 Å². The Morgan fingerprint density at radius 1 is 0.821 bits per heavy atom. The molecule has 1 unspecified atom stereocenters. The number of ether oxygens (including phenoxy) is 2. The van der Waals surface area contributed by atoms with Gasteiger partial charge in [-0.2, -0.15) is 0 Å². The van der Waals surface area contributed by atoms with Crippen molar-refractivity contribution >= 4 is 47.3 Å². The van der Waals surface area contributed by atoms with Crippen molar-refractivity contribution in [2.45, 2.75) is 155 Å². The van der Waals surface area contributed by atoms with E-state index in [4.69, 9.17) is 14.3 Å². The number of nitrogens with zero attached hydrogens (tertiary/aromatic N) is 4. The number of nitrogens with one attached hydrogen (secondary N) is 3. The predicted molar refractivity (Wildman–Crippen MR) is 251 cm³/mol. The van der Waals surface area contributed by atoms with Crippen molar-refractivity contribution in [1.29, 1.82) is 0 Å². The number of likely N-dealkylation sites (N-methyl/N-ethyl adjacent to an activating group) is 2. The second-order valence-corrected chi connectivity index (χ2v) is 19.0. The van der Waals surface area contributed by atoms with Crippen molar-refractivity contribution in [2.24, 2.45) is 23.7 Å². The molecule has 1 aromatic rings. The summed E-state index contributed by atoms with van der Waals surface area (Å²) in [6, 6.07) is 6.10. The zero-order valence-electron chi connectivity index (χ0n) is 42.0. The number of hydrogen-bond donors (Lipinski definition) is 3. The maximum absolute atomic E-state index is 14.4. The molecule has 3 rings (SSSR count). The van der Waals surface area contributed by atoms with Gasteiger partial charge in [-0.25, -0.2) is 4.79 Å². The quantitative estimate of drug-likeness (QED) is 0.0857. The van der Waals surface area contributed by atoms with Crippen LogP contribution in [-0.4, -0.2) is 158 Å². The molecule has 18 heteroatoms. The van der Waals surface area contributed by atoms with Gasteiger partial charge in [0, 0.05) is 60.0 Å². The molecule has 0 aromatic heterocycles. The van der Waals surface area contributed by atoms with Crippen LogP contribution in [0.1, 0.15) is 112 Å². The van der Waals surface area contributed by atoms with Gasteiger partial charge in [-0.15, -0.1) is 5.06 Å². The number of amides is 7. The van der Waals surface area contributed by atoms with Gasteiger partial charge in [0.1, 0.15) is 12.1 Å². The molecule has 7 amide bonds. The van der Waals surface area contributed by atoms with Gasteiger partial charge in [-0.1, -0.05) is 85.2 Å². The largest absolute Gasteiger partial charge is 0.379 e. The van der Waals surface area contributed by atoms with E-state index in [0.717, 1.165) is 5.56 Å². The first kappa shape index (κ1) is 56.4. The lowest BCUT2D eigenvalue weighted by molar-refractivity contribution is -0.197. The summed E-state index contributed by atoms with van der Waals surface area (Å²) in [7, 11) is 8.42. The van der Waals surface area contributed by atoms with E-state index in [9.17, 15) is 38.4 Å². The van der Waals surface area contributed by atoms with Crippen LogP contribution < -0.4 is 16.0 Å².